The predicted octanol–water partition coefficient (Wildman–Crippen LogP) is 3.13. The van der Waals surface area contributed by atoms with Gasteiger partial charge in [-0.2, -0.15) is 0 Å². The molecule has 8 nitrogen and oxygen atoms in total. The number of oxime groups is 1. The monoisotopic (exact) mass is 448 g/mol. The first kappa shape index (κ1) is 21.2. The van der Waals surface area contributed by atoms with E-state index in [9.17, 15) is 19.8 Å². The van der Waals surface area contributed by atoms with Gasteiger partial charge in [0.2, 0.25) is 5.78 Å². The summed E-state index contributed by atoms with van der Waals surface area (Å²) in [6.07, 6.45) is 2.49. The summed E-state index contributed by atoms with van der Waals surface area (Å²) in [5.41, 5.74) is 0.912. The second-order valence-electron chi connectivity index (χ2n) is 8.71. The van der Waals surface area contributed by atoms with E-state index >= 15 is 0 Å². The van der Waals surface area contributed by atoms with E-state index in [1.54, 1.807) is 18.2 Å². The SMILES string of the molecule is C=CCN1C2C/C(=N\OC)C1(C)Cc1c(O)c3c(c(O)c12)C(=O)c1c(OC)cccc1C3=O. The number of rotatable bonds is 4. The zero-order valence-electron chi connectivity index (χ0n) is 18.6. The number of hydrogen-bond donors (Lipinski definition) is 2. The largest absolute Gasteiger partial charge is 0.507 e. The Morgan fingerprint density at radius 3 is 2.58 bits per heavy atom. The Labute approximate surface area is 190 Å². The number of nitrogens with zero attached hydrogens (tertiary/aromatic N) is 2. The molecule has 1 fully saturated rings. The molecular weight excluding hydrogens is 424 g/mol. The Morgan fingerprint density at radius 2 is 1.91 bits per heavy atom. The van der Waals surface area contributed by atoms with Crippen LogP contribution in [-0.4, -0.2) is 58.7 Å². The lowest BCUT2D eigenvalue weighted by atomic mass is 9.76. The van der Waals surface area contributed by atoms with Crippen molar-refractivity contribution in [2.24, 2.45) is 5.16 Å². The summed E-state index contributed by atoms with van der Waals surface area (Å²) in [6, 6.07) is 4.36. The van der Waals surface area contributed by atoms with Crippen LogP contribution in [0, 0.1) is 0 Å². The maximum atomic E-state index is 13.6. The molecule has 0 aromatic heterocycles. The van der Waals surface area contributed by atoms with Crippen molar-refractivity contribution in [2.75, 3.05) is 20.8 Å². The molecule has 2 aromatic carbocycles. The zero-order chi connectivity index (χ0) is 23.7. The Kier molecular flexibility index (Phi) is 4.61. The van der Waals surface area contributed by atoms with E-state index in [2.05, 4.69) is 16.6 Å². The maximum Gasteiger partial charge on any atom is 0.202 e. The van der Waals surface area contributed by atoms with Crippen molar-refractivity contribution in [2.45, 2.75) is 31.3 Å². The number of benzene rings is 2. The first-order valence-electron chi connectivity index (χ1n) is 10.6. The number of carbonyl (C=O) groups excluding carboxylic acids is 2. The summed E-state index contributed by atoms with van der Waals surface area (Å²) in [5, 5.41) is 27.0. The standard InChI is InChI=1S/C25H24N2O6/c1-5-9-27-14-10-16(26-33-4)25(27,2)11-13-17(14)23(30)20-19(22(13)29)21(28)12-7-6-8-15(32-3)18(12)24(20)31/h5-8,14,29-30H,1,9-11H2,2-4H3/b26-16+. The number of ether oxygens (including phenoxy) is 1. The van der Waals surface area contributed by atoms with Crippen LogP contribution in [0.3, 0.4) is 0 Å². The van der Waals surface area contributed by atoms with Gasteiger partial charge in [0, 0.05) is 42.1 Å². The van der Waals surface area contributed by atoms with Gasteiger partial charge in [0.05, 0.1) is 35.1 Å². The van der Waals surface area contributed by atoms with Crippen LogP contribution in [0.4, 0.5) is 0 Å². The topological polar surface area (TPSA) is 109 Å². The van der Waals surface area contributed by atoms with Crippen LogP contribution in [0.2, 0.25) is 0 Å². The molecule has 5 rings (SSSR count). The third-order valence-corrected chi connectivity index (χ3v) is 7.16. The molecule has 2 heterocycles. The Bertz CT molecular complexity index is 1280. The number of phenols is 2. The molecule has 3 aliphatic rings. The van der Waals surface area contributed by atoms with Crippen LogP contribution in [-0.2, 0) is 11.3 Å². The number of aromatic hydroxyl groups is 2. The van der Waals surface area contributed by atoms with E-state index in [4.69, 9.17) is 9.57 Å². The minimum absolute atomic E-state index is 0.0869. The average Bonchev–Trinajstić information content (AvgIpc) is 2.97. The quantitative estimate of drug-likeness (QED) is 0.359. The zero-order valence-corrected chi connectivity index (χ0v) is 18.6. The fraction of sp³-hybridized carbons (Fsp3) is 0.320. The fourth-order valence-electron chi connectivity index (χ4n) is 5.70. The summed E-state index contributed by atoms with van der Waals surface area (Å²) < 4.78 is 5.32. The maximum absolute atomic E-state index is 13.6. The Balaban J connectivity index is 1.80. The van der Waals surface area contributed by atoms with Gasteiger partial charge in [-0.3, -0.25) is 14.5 Å². The fourth-order valence-corrected chi connectivity index (χ4v) is 5.70. The van der Waals surface area contributed by atoms with Crippen molar-refractivity contribution in [1.82, 2.24) is 4.90 Å². The highest BCUT2D eigenvalue weighted by Gasteiger charge is 2.55. The third-order valence-electron chi connectivity index (χ3n) is 7.16. The smallest absolute Gasteiger partial charge is 0.202 e. The molecule has 1 saturated heterocycles. The van der Waals surface area contributed by atoms with Crippen molar-refractivity contribution in [1.29, 1.82) is 0 Å². The lowest BCUT2D eigenvalue weighted by Crippen LogP contribution is -2.51. The first-order chi connectivity index (χ1) is 15.8. The van der Waals surface area contributed by atoms with Gasteiger partial charge in [0.25, 0.3) is 0 Å². The van der Waals surface area contributed by atoms with Crippen LogP contribution in [0.5, 0.6) is 17.2 Å². The van der Waals surface area contributed by atoms with E-state index in [0.29, 0.717) is 24.1 Å². The minimum Gasteiger partial charge on any atom is -0.507 e. The summed E-state index contributed by atoms with van der Waals surface area (Å²) in [7, 11) is 2.88. The molecule has 0 saturated carbocycles. The summed E-state index contributed by atoms with van der Waals surface area (Å²) in [6.45, 7) is 6.34. The van der Waals surface area contributed by atoms with Crippen LogP contribution < -0.4 is 4.74 Å². The van der Waals surface area contributed by atoms with E-state index in [1.165, 1.54) is 20.3 Å². The summed E-state index contributed by atoms with van der Waals surface area (Å²) in [5.74, 6) is -1.39. The molecule has 1 aliphatic carbocycles. The normalized spacial score (nSPS) is 24.3. The van der Waals surface area contributed by atoms with Crippen molar-refractivity contribution in [3.05, 3.63) is 64.2 Å². The molecule has 0 spiro atoms. The molecule has 2 unspecified atom stereocenters. The van der Waals surface area contributed by atoms with Crippen LogP contribution in [0.1, 0.15) is 62.4 Å². The highest BCUT2D eigenvalue weighted by Crippen LogP contribution is 2.56. The number of hydrogen-bond acceptors (Lipinski definition) is 8. The molecule has 0 radical (unpaired) electrons. The molecule has 0 amide bonds. The van der Waals surface area contributed by atoms with Gasteiger partial charge in [0.15, 0.2) is 5.78 Å². The van der Waals surface area contributed by atoms with Crippen molar-refractivity contribution < 1.29 is 29.4 Å². The molecule has 2 aromatic rings. The Hall–Kier alpha value is -3.65. The highest BCUT2D eigenvalue weighted by molar-refractivity contribution is 6.31. The second kappa shape index (κ2) is 7.18. The highest BCUT2D eigenvalue weighted by atomic mass is 16.6. The third kappa shape index (κ3) is 2.58. The lowest BCUT2D eigenvalue weighted by Gasteiger charge is -2.43. The van der Waals surface area contributed by atoms with Crippen molar-refractivity contribution >= 4 is 17.3 Å². The minimum atomic E-state index is -0.608. The average molecular weight is 448 g/mol. The van der Waals surface area contributed by atoms with Gasteiger partial charge in [-0.1, -0.05) is 23.4 Å². The van der Waals surface area contributed by atoms with E-state index in [1.807, 2.05) is 6.92 Å². The van der Waals surface area contributed by atoms with E-state index < -0.39 is 17.1 Å². The molecule has 2 N–H and O–H groups in total. The van der Waals surface area contributed by atoms with Gasteiger partial charge in [-0.15, -0.1) is 6.58 Å². The molecule has 2 aliphatic heterocycles. The number of ketones is 2. The number of methoxy groups -OCH3 is 1. The number of fused-ring (bicyclic) bond motifs is 6. The van der Waals surface area contributed by atoms with E-state index in [-0.39, 0.29) is 52.0 Å². The Morgan fingerprint density at radius 1 is 1.18 bits per heavy atom. The molecule has 2 bridgehead atoms. The number of phenolic OH excluding ortho intramolecular Hbond substituents is 2. The molecular formula is C25H24N2O6. The number of carbonyl (C=O) groups is 2. The van der Waals surface area contributed by atoms with E-state index in [0.717, 1.165) is 5.71 Å². The predicted molar refractivity (Wildman–Crippen MR) is 120 cm³/mol. The van der Waals surface area contributed by atoms with Crippen molar-refractivity contribution in [3.8, 4) is 17.2 Å². The molecule has 170 valence electrons. The summed E-state index contributed by atoms with van der Waals surface area (Å²) >= 11 is 0. The second-order valence-corrected chi connectivity index (χ2v) is 8.71. The van der Waals surface area contributed by atoms with Gasteiger partial charge in [0.1, 0.15) is 24.4 Å². The van der Waals surface area contributed by atoms with Gasteiger partial charge in [-0.05, 0) is 13.0 Å². The van der Waals surface area contributed by atoms with Crippen LogP contribution >= 0.6 is 0 Å². The van der Waals surface area contributed by atoms with Gasteiger partial charge >= 0.3 is 0 Å². The first-order valence-corrected chi connectivity index (χ1v) is 10.6. The molecule has 2 atom stereocenters. The van der Waals surface area contributed by atoms with Crippen LogP contribution in [0.15, 0.2) is 36.0 Å². The van der Waals surface area contributed by atoms with Gasteiger partial charge in [-0.25, -0.2) is 0 Å². The van der Waals surface area contributed by atoms with Gasteiger partial charge < -0.3 is 19.8 Å². The summed E-state index contributed by atoms with van der Waals surface area (Å²) in [4.78, 5) is 34.2. The molecule has 33 heavy (non-hydrogen) atoms. The van der Waals surface area contributed by atoms with Crippen LogP contribution in [0.25, 0.3) is 0 Å². The van der Waals surface area contributed by atoms with Crippen molar-refractivity contribution in [3.63, 3.8) is 0 Å². The lowest BCUT2D eigenvalue weighted by molar-refractivity contribution is 0.0967. The molecule has 8 heteroatoms.